The monoisotopic (exact) mass is 591 g/mol. The highest BCUT2D eigenvalue weighted by molar-refractivity contribution is 6.24. The van der Waals surface area contributed by atoms with E-state index in [4.69, 9.17) is 5.73 Å². The number of aromatic amines is 1. The van der Waals surface area contributed by atoms with Crippen LogP contribution in [0.4, 0.5) is 0 Å². The second-order valence-corrected chi connectivity index (χ2v) is 12.0. The molecule has 228 valence electrons. The summed E-state index contributed by atoms with van der Waals surface area (Å²) in [6, 6.07) is 0.706. The highest BCUT2D eigenvalue weighted by atomic mass is 16.3. The Hall–Kier alpha value is -4.26. The van der Waals surface area contributed by atoms with Crippen LogP contribution < -0.4 is 5.73 Å². The van der Waals surface area contributed by atoms with Gasteiger partial charge in [0, 0.05) is 41.9 Å². The largest absolute Gasteiger partial charge is 0.508 e. The molecule has 7 N–H and O–H groups in total. The third-order valence-corrected chi connectivity index (χ3v) is 9.06. The maximum atomic E-state index is 14.2. The van der Waals surface area contributed by atoms with Crippen molar-refractivity contribution in [3.8, 4) is 16.9 Å². The SMILES string of the molecule is C/C=C(\C)CN(C)Cc1cc(-c2cn[nH]c2)c2c(c1O)C(O)=C1C(=O)[C@]3(O)C(O)=C(C(N)=O)C(=O)[C@@H](N(C)C)[C@@H]3C[C@@H]1C2. The van der Waals surface area contributed by atoms with Crippen molar-refractivity contribution in [3.05, 3.63) is 63.7 Å². The van der Waals surface area contributed by atoms with Gasteiger partial charge in [0.15, 0.2) is 11.4 Å². The number of carbonyl (C=O) groups is 3. The first-order valence-corrected chi connectivity index (χ1v) is 14.1. The molecule has 3 aliphatic carbocycles. The standard InChI is InChI=1S/C31H37N5O7/c1-6-14(2)12-36(5)13-16-8-18(17-10-33-34-11-17)19-7-15-9-20-24(35(3)4)27(39)23(30(32)42)29(41)31(20,43)28(40)21(15)26(38)22(19)25(16)37/h6,8,10-11,15,20,24,37-38,41,43H,7,9,12-13H2,1-5H3,(H2,32,42)(H,33,34)/b14-6+/t15-,20-,24-,31-/m0/s1. The molecular weight excluding hydrogens is 554 g/mol. The fourth-order valence-electron chi connectivity index (χ4n) is 7.01. The summed E-state index contributed by atoms with van der Waals surface area (Å²) < 4.78 is 0. The predicted molar refractivity (Wildman–Crippen MR) is 158 cm³/mol. The Labute approximate surface area is 248 Å². The third kappa shape index (κ3) is 4.57. The van der Waals surface area contributed by atoms with Gasteiger partial charge >= 0.3 is 0 Å². The van der Waals surface area contributed by atoms with E-state index in [2.05, 4.69) is 10.2 Å². The summed E-state index contributed by atoms with van der Waals surface area (Å²) in [6.45, 7) is 4.89. The van der Waals surface area contributed by atoms with E-state index in [9.17, 15) is 34.8 Å². The van der Waals surface area contributed by atoms with Crippen molar-refractivity contribution in [2.45, 2.75) is 44.9 Å². The molecule has 0 radical (unpaired) electrons. The van der Waals surface area contributed by atoms with Gasteiger partial charge in [-0.25, -0.2) is 0 Å². The van der Waals surface area contributed by atoms with E-state index in [1.165, 1.54) is 4.90 Å². The second kappa shape index (κ2) is 10.8. The summed E-state index contributed by atoms with van der Waals surface area (Å²) >= 11 is 0. The number of nitrogens with one attached hydrogen (secondary N) is 1. The molecule has 0 saturated heterocycles. The van der Waals surface area contributed by atoms with Crippen molar-refractivity contribution < 1.29 is 34.8 Å². The van der Waals surface area contributed by atoms with E-state index in [1.807, 2.05) is 37.9 Å². The van der Waals surface area contributed by atoms with E-state index in [0.29, 0.717) is 35.3 Å². The number of phenolic OH excluding ortho intramolecular Hbond substituents is 1. The lowest BCUT2D eigenvalue weighted by molar-refractivity contribution is -0.153. The number of H-pyrrole nitrogens is 1. The lowest BCUT2D eigenvalue weighted by atomic mass is 9.57. The van der Waals surface area contributed by atoms with Gasteiger partial charge < -0.3 is 26.2 Å². The van der Waals surface area contributed by atoms with E-state index in [-0.39, 0.29) is 29.7 Å². The number of fused-ring (bicyclic) bond motifs is 3. The zero-order valence-corrected chi connectivity index (χ0v) is 24.8. The van der Waals surface area contributed by atoms with E-state index in [1.54, 1.807) is 26.5 Å². The number of phenols is 1. The molecule has 3 aliphatic rings. The van der Waals surface area contributed by atoms with Gasteiger partial charge in [-0.2, -0.15) is 5.10 Å². The zero-order chi connectivity index (χ0) is 31.5. The van der Waals surface area contributed by atoms with Crippen LogP contribution in [0.15, 0.2) is 47.0 Å². The number of aliphatic hydroxyl groups is 3. The van der Waals surface area contributed by atoms with Crippen molar-refractivity contribution in [1.29, 1.82) is 0 Å². The minimum absolute atomic E-state index is 0.0183. The van der Waals surface area contributed by atoms with E-state index < -0.39 is 58.0 Å². The topological polar surface area (TPSA) is 193 Å². The van der Waals surface area contributed by atoms with Crippen molar-refractivity contribution >= 4 is 23.2 Å². The van der Waals surface area contributed by atoms with E-state index >= 15 is 0 Å². The molecule has 1 fully saturated rings. The van der Waals surface area contributed by atoms with Crippen molar-refractivity contribution in [2.75, 3.05) is 27.7 Å². The molecular formula is C31H37N5O7. The third-order valence-electron chi connectivity index (χ3n) is 9.06. The number of aromatic nitrogens is 2. The Morgan fingerprint density at radius 1 is 1.23 bits per heavy atom. The first kappa shape index (κ1) is 30.2. The minimum Gasteiger partial charge on any atom is -0.508 e. The lowest BCUT2D eigenvalue weighted by Gasteiger charge is -2.50. The molecule has 12 nitrogen and oxygen atoms in total. The molecule has 0 aliphatic heterocycles. The molecule has 43 heavy (non-hydrogen) atoms. The van der Waals surface area contributed by atoms with Gasteiger partial charge in [-0.3, -0.25) is 29.3 Å². The lowest BCUT2D eigenvalue weighted by Crippen LogP contribution is -2.65. The van der Waals surface area contributed by atoms with Crippen molar-refractivity contribution in [1.82, 2.24) is 20.0 Å². The smallest absolute Gasteiger partial charge is 0.255 e. The Morgan fingerprint density at radius 3 is 2.51 bits per heavy atom. The predicted octanol–water partition coefficient (Wildman–Crippen LogP) is 1.75. The summed E-state index contributed by atoms with van der Waals surface area (Å²) in [7, 11) is 5.03. The minimum atomic E-state index is -2.69. The number of hydrogen-bond acceptors (Lipinski definition) is 10. The van der Waals surface area contributed by atoms with Crippen LogP contribution in [-0.4, -0.2) is 97.2 Å². The maximum Gasteiger partial charge on any atom is 0.255 e. The number of carbonyl (C=O) groups excluding carboxylic acids is 3. The molecule has 1 aromatic carbocycles. The Bertz CT molecular complexity index is 1620. The van der Waals surface area contributed by atoms with Crippen LogP contribution in [0.2, 0.25) is 0 Å². The average Bonchev–Trinajstić information content (AvgIpc) is 3.46. The molecule has 1 amide bonds. The number of primary amides is 1. The fraction of sp³-hybridized carbons (Fsp3) is 0.419. The molecule has 1 heterocycles. The number of amides is 1. The number of hydrogen-bond donors (Lipinski definition) is 6. The first-order chi connectivity index (χ1) is 20.2. The normalized spacial score (nSPS) is 25.8. The molecule has 1 saturated carbocycles. The molecule has 4 atom stereocenters. The van der Waals surface area contributed by atoms with Gasteiger partial charge in [0.1, 0.15) is 22.8 Å². The van der Waals surface area contributed by atoms with Crippen LogP contribution in [0.25, 0.3) is 16.9 Å². The van der Waals surface area contributed by atoms with Gasteiger partial charge in [-0.15, -0.1) is 0 Å². The summed E-state index contributed by atoms with van der Waals surface area (Å²) in [5, 5.41) is 53.1. The van der Waals surface area contributed by atoms with Gasteiger partial charge in [-0.05, 0) is 70.9 Å². The molecule has 1 aromatic heterocycles. The molecule has 5 rings (SSSR count). The Kier molecular flexibility index (Phi) is 7.57. The van der Waals surface area contributed by atoms with Crippen LogP contribution >= 0.6 is 0 Å². The number of aromatic hydroxyl groups is 1. The van der Waals surface area contributed by atoms with Crippen LogP contribution in [-0.2, 0) is 27.3 Å². The maximum absolute atomic E-state index is 14.2. The zero-order valence-electron chi connectivity index (χ0n) is 24.8. The summed E-state index contributed by atoms with van der Waals surface area (Å²) in [6.07, 6.45) is 5.53. The average molecular weight is 592 g/mol. The van der Waals surface area contributed by atoms with Gasteiger partial charge in [0.05, 0.1) is 17.8 Å². The number of rotatable bonds is 7. The van der Waals surface area contributed by atoms with Crippen LogP contribution in [0, 0.1) is 11.8 Å². The van der Waals surface area contributed by atoms with E-state index in [0.717, 1.165) is 5.57 Å². The van der Waals surface area contributed by atoms with Crippen molar-refractivity contribution in [2.24, 2.45) is 17.6 Å². The molecule has 0 bridgehead atoms. The Morgan fingerprint density at radius 2 is 1.93 bits per heavy atom. The molecule has 0 spiro atoms. The number of benzene rings is 1. The van der Waals surface area contributed by atoms with Crippen LogP contribution in [0.5, 0.6) is 5.75 Å². The van der Waals surface area contributed by atoms with Crippen LogP contribution in [0.3, 0.4) is 0 Å². The quantitative estimate of drug-likeness (QED) is 0.204. The van der Waals surface area contributed by atoms with Gasteiger partial charge in [0.25, 0.3) is 5.91 Å². The number of aliphatic hydroxyl groups excluding tert-OH is 2. The van der Waals surface area contributed by atoms with Gasteiger partial charge in [-0.1, -0.05) is 11.6 Å². The highest BCUT2D eigenvalue weighted by Crippen LogP contribution is 2.54. The molecule has 0 unspecified atom stereocenters. The van der Waals surface area contributed by atoms with Crippen LogP contribution in [0.1, 0.15) is 37.0 Å². The first-order valence-electron chi connectivity index (χ1n) is 14.1. The highest BCUT2D eigenvalue weighted by Gasteiger charge is 2.64. The number of nitrogens with two attached hydrogens (primary N) is 1. The fourth-order valence-corrected chi connectivity index (χ4v) is 7.01. The number of ketones is 2. The summed E-state index contributed by atoms with van der Waals surface area (Å²) in [4.78, 5) is 43.2. The number of nitrogens with zero attached hydrogens (tertiary/aromatic N) is 3. The molecule has 12 heteroatoms. The number of allylic oxidation sites excluding steroid dienone is 1. The van der Waals surface area contributed by atoms with Crippen molar-refractivity contribution in [3.63, 3.8) is 0 Å². The summed E-state index contributed by atoms with van der Waals surface area (Å²) in [5.41, 5.74) is 5.39. The Balaban J connectivity index is 1.72. The number of likely N-dealkylation sites (N-methyl/N-ethyl adjacent to an activating group) is 2. The second-order valence-electron chi connectivity index (χ2n) is 12.0. The summed E-state index contributed by atoms with van der Waals surface area (Å²) in [5.74, 6) is -6.74. The number of Topliss-reactive ketones (excluding diaryl/α,β-unsaturated/α-hetero) is 2. The molecule has 2 aromatic rings. The van der Waals surface area contributed by atoms with Gasteiger partial charge in [0.2, 0.25) is 5.78 Å².